The fourth-order valence-corrected chi connectivity index (χ4v) is 13.3. The lowest BCUT2D eigenvalue weighted by Crippen LogP contribution is -2.53. The first-order valence-electron chi connectivity index (χ1n) is 24.4. The summed E-state index contributed by atoms with van der Waals surface area (Å²) in [7, 11) is 0. The third-order valence-electron chi connectivity index (χ3n) is 16.4. The molecular formula is C60H63N3. The monoisotopic (exact) mass is 826 g/mol. The maximum Gasteiger partial charge on any atom is 0.0998 e. The molecule has 3 saturated carbocycles. The van der Waals surface area contributed by atoms with E-state index in [1.54, 1.807) is 11.1 Å². The van der Waals surface area contributed by atoms with Crippen LogP contribution in [0.3, 0.4) is 0 Å². The van der Waals surface area contributed by atoms with Gasteiger partial charge in [-0.15, -0.1) is 0 Å². The lowest BCUT2D eigenvalue weighted by molar-refractivity contribution is 0.208. The molecule has 6 aromatic carbocycles. The molecule has 3 heterocycles. The second-order valence-corrected chi connectivity index (χ2v) is 20.3. The molecule has 12 rings (SSSR count). The number of anilines is 2. The van der Waals surface area contributed by atoms with Crippen molar-refractivity contribution in [3.63, 3.8) is 0 Å². The van der Waals surface area contributed by atoms with E-state index in [1.165, 1.54) is 154 Å². The van der Waals surface area contributed by atoms with Crippen LogP contribution in [0.4, 0.5) is 11.4 Å². The molecule has 3 unspecified atom stereocenters. The van der Waals surface area contributed by atoms with Gasteiger partial charge in [0.05, 0.1) is 17.7 Å². The van der Waals surface area contributed by atoms with Crippen molar-refractivity contribution in [2.45, 2.75) is 142 Å². The van der Waals surface area contributed by atoms with Crippen molar-refractivity contribution in [2.24, 2.45) is 5.92 Å². The van der Waals surface area contributed by atoms with Gasteiger partial charge in [-0.3, -0.25) is 0 Å². The van der Waals surface area contributed by atoms with E-state index in [1.807, 2.05) is 0 Å². The largest absolute Gasteiger partial charge is 0.337 e. The molecule has 1 aromatic heterocycles. The zero-order valence-electron chi connectivity index (χ0n) is 38.4. The highest BCUT2D eigenvalue weighted by Crippen LogP contribution is 2.63. The first-order chi connectivity index (χ1) is 30.7. The Morgan fingerprint density at radius 1 is 0.619 bits per heavy atom. The summed E-state index contributed by atoms with van der Waals surface area (Å²) in [5.74, 6) is 1.99. The number of aromatic nitrogens is 1. The van der Waals surface area contributed by atoms with Crippen LogP contribution in [-0.4, -0.2) is 10.6 Å². The summed E-state index contributed by atoms with van der Waals surface area (Å²) < 4.78 is 2.69. The number of rotatable bonds is 7. The van der Waals surface area contributed by atoms with Crippen molar-refractivity contribution in [3.8, 4) is 28.3 Å². The molecule has 5 aliphatic rings. The summed E-state index contributed by atoms with van der Waals surface area (Å²) in [6.45, 7) is 14.1. The minimum atomic E-state index is -0.0474. The molecule has 2 bridgehead atoms. The standard InChI is InChI=1S/C60H63N3/c1-36-27-30-53-48(31-36)47-34-54(40(47)5)63(53)60-56(42-18-9-7-10-19-42)58(45-23-15-13-17-39(45)4)55(59(46-24-16-14-22-44(46)35-61)57(60)43-20-11-8-12-21-43)41(6)62-51-28-25-37(2)32-49(51)50-33-38(3)26-29-52(50)62/h13-17,22-33,40-43,47,54H,7-12,18-21,34H2,1-6H3/t40-,41?,47?,54?/m1/s1. The third-order valence-corrected chi connectivity index (χ3v) is 16.4. The fourth-order valence-electron chi connectivity index (χ4n) is 13.3. The van der Waals surface area contributed by atoms with E-state index < -0.39 is 0 Å². The number of aryl methyl sites for hydroxylation is 4. The van der Waals surface area contributed by atoms with E-state index in [4.69, 9.17) is 0 Å². The molecule has 3 fully saturated rings. The summed E-state index contributed by atoms with van der Waals surface area (Å²) in [6, 6.07) is 42.7. The van der Waals surface area contributed by atoms with Gasteiger partial charge in [0.15, 0.2) is 0 Å². The van der Waals surface area contributed by atoms with E-state index in [9.17, 15) is 5.26 Å². The molecule has 3 heteroatoms. The van der Waals surface area contributed by atoms with Crippen LogP contribution < -0.4 is 4.90 Å². The molecule has 318 valence electrons. The average Bonchev–Trinajstić information content (AvgIpc) is 3.62. The van der Waals surface area contributed by atoms with Crippen LogP contribution in [0, 0.1) is 44.9 Å². The molecule has 3 aliphatic carbocycles. The highest BCUT2D eigenvalue weighted by atomic mass is 15.2. The molecule has 0 amide bonds. The molecule has 0 saturated heterocycles. The van der Waals surface area contributed by atoms with Gasteiger partial charge in [-0.1, -0.05) is 129 Å². The SMILES string of the molecule is Cc1ccc2c(c1)C1CC([C@@H]1C)N2c1c(C2CCCCC2)c(-c2ccccc2C)c(C(C)n2c3ccc(C)cc3c3cc(C)ccc32)c(-c2ccccc2C#N)c1C1CCCCC1. The smallest absolute Gasteiger partial charge is 0.0998 e. The van der Waals surface area contributed by atoms with Gasteiger partial charge in [-0.2, -0.15) is 5.26 Å². The molecular weight excluding hydrogens is 763 g/mol. The van der Waals surface area contributed by atoms with E-state index >= 15 is 0 Å². The lowest BCUT2D eigenvalue weighted by Gasteiger charge is -2.57. The second kappa shape index (κ2) is 15.9. The third kappa shape index (κ3) is 6.41. The number of fused-ring (bicyclic) bond motifs is 3. The van der Waals surface area contributed by atoms with Gasteiger partial charge < -0.3 is 9.47 Å². The van der Waals surface area contributed by atoms with Crippen molar-refractivity contribution in [1.29, 1.82) is 5.26 Å². The number of hydrogen-bond donors (Lipinski definition) is 0. The molecule has 4 atom stereocenters. The topological polar surface area (TPSA) is 32.0 Å². The van der Waals surface area contributed by atoms with Gasteiger partial charge in [-0.25, -0.2) is 0 Å². The Morgan fingerprint density at radius 2 is 1.16 bits per heavy atom. The van der Waals surface area contributed by atoms with E-state index in [2.05, 4.69) is 160 Å². The van der Waals surface area contributed by atoms with Gasteiger partial charge in [0.2, 0.25) is 0 Å². The van der Waals surface area contributed by atoms with Gasteiger partial charge in [-0.05, 0) is 171 Å². The molecule has 0 radical (unpaired) electrons. The highest BCUT2D eigenvalue weighted by Gasteiger charge is 2.51. The first kappa shape index (κ1) is 40.2. The van der Waals surface area contributed by atoms with Crippen LogP contribution in [0.1, 0.15) is 158 Å². The Bertz CT molecular complexity index is 2900. The number of benzene rings is 6. The maximum atomic E-state index is 11.2. The average molecular weight is 826 g/mol. The number of nitrogens with zero attached hydrogens (tertiary/aromatic N) is 3. The molecule has 63 heavy (non-hydrogen) atoms. The molecule has 3 nitrogen and oxygen atoms in total. The predicted molar refractivity (Wildman–Crippen MR) is 265 cm³/mol. The summed E-state index contributed by atoms with van der Waals surface area (Å²) in [4.78, 5) is 2.94. The summed E-state index contributed by atoms with van der Waals surface area (Å²) in [5, 5.41) is 13.9. The van der Waals surface area contributed by atoms with E-state index in [0.717, 1.165) is 11.1 Å². The van der Waals surface area contributed by atoms with Crippen LogP contribution in [0.15, 0.2) is 103 Å². The normalized spacial score (nSPS) is 20.7. The Labute approximate surface area is 375 Å². The van der Waals surface area contributed by atoms with E-state index in [0.29, 0.717) is 29.7 Å². The van der Waals surface area contributed by atoms with Crippen LogP contribution in [0.5, 0.6) is 0 Å². The molecule has 7 aromatic rings. The maximum absolute atomic E-state index is 11.2. The lowest BCUT2D eigenvalue weighted by atomic mass is 9.61. The fraction of sp³-hybridized carbons (Fsp3) is 0.383. The number of hydrogen-bond acceptors (Lipinski definition) is 2. The Balaban J connectivity index is 1.38. The van der Waals surface area contributed by atoms with Gasteiger partial charge in [0.1, 0.15) is 0 Å². The molecule has 2 aliphatic heterocycles. The van der Waals surface area contributed by atoms with Crippen molar-refractivity contribution in [3.05, 3.63) is 153 Å². The predicted octanol–water partition coefficient (Wildman–Crippen LogP) is 16.6. The Kier molecular flexibility index (Phi) is 10.1. The van der Waals surface area contributed by atoms with Gasteiger partial charge in [0.25, 0.3) is 0 Å². The van der Waals surface area contributed by atoms with Crippen LogP contribution in [-0.2, 0) is 0 Å². The summed E-state index contributed by atoms with van der Waals surface area (Å²) in [6.07, 6.45) is 13.6. The van der Waals surface area contributed by atoms with Crippen LogP contribution in [0.2, 0.25) is 0 Å². The van der Waals surface area contributed by atoms with E-state index in [-0.39, 0.29) is 6.04 Å². The first-order valence-corrected chi connectivity index (χ1v) is 24.4. The quantitative estimate of drug-likeness (QED) is 0.160. The molecule has 0 N–H and O–H groups in total. The van der Waals surface area contributed by atoms with Crippen molar-refractivity contribution in [2.75, 3.05) is 4.90 Å². The number of nitriles is 1. The van der Waals surface area contributed by atoms with Crippen molar-refractivity contribution in [1.82, 2.24) is 4.57 Å². The zero-order valence-corrected chi connectivity index (χ0v) is 38.4. The second-order valence-electron chi connectivity index (χ2n) is 20.3. The van der Waals surface area contributed by atoms with Crippen LogP contribution in [0.25, 0.3) is 44.1 Å². The Hall–Kier alpha value is -5.59. The summed E-state index contributed by atoms with van der Waals surface area (Å²) in [5.41, 5.74) is 22.8. The zero-order chi connectivity index (χ0) is 43.1. The van der Waals surface area contributed by atoms with Crippen molar-refractivity contribution < 1.29 is 0 Å². The summed E-state index contributed by atoms with van der Waals surface area (Å²) >= 11 is 0. The van der Waals surface area contributed by atoms with Gasteiger partial charge in [0, 0.05) is 44.8 Å². The minimum Gasteiger partial charge on any atom is -0.337 e. The Morgan fingerprint density at radius 3 is 1.75 bits per heavy atom. The van der Waals surface area contributed by atoms with Crippen molar-refractivity contribution >= 4 is 33.2 Å². The van der Waals surface area contributed by atoms with Gasteiger partial charge >= 0.3 is 0 Å². The highest BCUT2D eigenvalue weighted by molar-refractivity contribution is 6.09. The minimum absolute atomic E-state index is 0.0474. The molecule has 0 spiro atoms. The van der Waals surface area contributed by atoms with Crippen LogP contribution >= 0.6 is 0 Å².